The fourth-order valence-corrected chi connectivity index (χ4v) is 4.62. The van der Waals surface area contributed by atoms with Gasteiger partial charge in [-0.25, -0.2) is 8.42 Å². The lowest BCUT2D eigenvalue weighted by molar-refractivity contribution is -0.113. The zero-order valence-electron chi connectivity index (χ0n) is 18.9. The van der Waals surface area contributed by atoms with Gasteiger partial charge in [-0.3, -0.25) is 9.52 Å². The lowest BCUT2D eigenvalue weighted by Crippen LogP contribution is -2.13. The standard InChI is InChI=1S/C24H22N4O5S2/c1-16-3-7-18(8-4-16)25-22(29)15-34-24-27-26-23(33-24)17-5-9-19(10-6-17)28-35(30,31)21-13-11-20(32-2)12-14-21/h3-14,28H,15H2,1-2H3,(H,25,29). The third-order valence-corrected chi connectivity index (χ3v) is 7.04. The van der Waals surface area contributed by atoms with Gasteiger partial charge in [-0.1, -0.05) is 29.5 Å². The number of aromatic nitrogens is 2. The fourth-order valence-electron chi connectivity index (χ4n) is 3.00. The van der Waals surface area contributed by atoms with E-state index in [1.165, 1.54) is 19.2 Å². The number of aryl methyl sites for hydroxylation is 1. The molecule has 0 atom stereocenters. The van der Waals surface area contributed by atoms with E-state index in [0.717, 1.165) is 23.0 Å². The summed E-state index contributed by atoms with van der Waals surface area (Å²) < 4.78 is 38.4. The van der Waals surface area contributed by atoms with Crippen LogP contribution in [0.1, 0.15) is 5.56 Å². The van der Waals surface area contributed by atoms with E-state index in [0.29, 0.717) is 17.0 Å². The van der Waals surface area contributed by atoms with Crippen molar-refractivity contribution in [2.24, 2.45) is 0 Å². The van der Waals surface area contributed by atoms with Crippen LogP contribution in [0.15, 0.2) is 87.3 Å². The molecule has 0 unspecified atom stereocenters. The number of thioether (sulfide) groups is 1. The molecule has 1 aromatic heterocycles. The molecule has 9 nitrogen and oxygen atoms in total. The smallest absolute Gasteiger partial charge is 0.277 e. The van der Waals surface area contributed by atoms with Gasteiger partial charge >= 0.3 is 0 Å². The molecule has 0 aliphatic carbocycles. The molecule has 1 amide bonds. The summed E-state index contributed by atoms with van der Waals surface area (Å²) in [6.45, 7) is 1.98. The van der Waals surface area contributed by atoms with Crippen LogP contribution in [-0.4, -0.2) is 37.4 Å². The Morgan fingerprint density at radius 2 is 1.60 bits per heavy atom. The van der Waals surface area contributed by atoms with Gasteiger partial charge in [-0.2, -0.15) is 0 Å². The van der Waals surface area contributed by atoms with E-state index >= 15 is 0 Å². The van der Waals surface area contributed by atoms with Crippen LogP contribution in [0.5, 0.6) is 5.75 Å². The number of hydrogen-bond donors (Lipinski definition) is 2. The van der Waals surface area contributed by atoms with E-state index in [4.69, 9.17) is 9.15 Å². The summed E-state index contributed by atoms with van der Waals surface area (Å²) in [6, 6.07) is 20.1. The van der Waals surface area contributed by atoms with Crippen molar-refractivity contribution in [2.75, 3.05) is 22.9 Å². The van der Waals surface area contributed by atoms with Crippen LogP contribution in [0, 0.1) is 6.92 Å². The number of carbonyl (C=O) groups excluding carboxylic acids is 1. The molecule has 1 heterocycles. The highest BCUT2D eigenvalue weighted by Crippen LogP contribution is 2.26. The molecular formula is C24H22N4O5S2. The van der Waals surface area contributed by atoms with E-state index in [-0.39, 0.29) is 27.7 Å². The van der Waals surface area contributed by atoms with Crippen molar-refractivity contribution in [1.82, 2.24) is 10.2 Å². The summed E-state index contributed by atoms with van der Waals surface area (Å²) >= 11 is 1.12. The molecule has 11 heteroatoms. The summed E-state index contributed by atoms with van der Waals surface area (Å²) in [6.07, 6.45) is 0. The summed E-state index contributed by atoms with van der Waals surface area (Å²) in [5, 5.41) is 11.0. The highest BCUT2D eigenvalue weighted by atomic mass is 32.2. The van der Waals surface area contributed by atoms with Gasteiger partial charge in [-0.15, -0.1) is 10.2 Å². The first kappa shape index (κ1) is 24.3. The van der Waals surface area contributed by atoms with E-state index in [2.05, 4.69) is 20.2 Å². The predicted molar refractivity (Wildman–Crippen MR) is 134 cm³/mol. The second-order valence-corrected chi connectivity index (χ2v) is 10.0. The lowest BCUT2D eigenvalue weighted by atomic mass is 10.2. The van der Waals surface area contributed by atoms with Crippen molar-refractivity contribution in [3.8, 4) is 17.2 Å². The molecule has 0 fully saturated rings. The Kier molecular flexibility index (Phi) is 7.37. The SMILES string of the molecule is COc1ccc(S(=O)(=O)Nc2ccc(-c3nnc(SCC(=O)Nc4ccc(C)cc4)o3)cc2)cc1. The molecule has 0 aliphatic rings. The lowest BCUT2D eigenvalue weighted by Gasteiger charge is -2.09. The van der Waals surface area contributed by atoms with E-state index < -0.39 is 10.0 Å². The van der Waals surface area contributed by atoms with Crippen LogP contribution in [0.25, 0.3) is 11.5 Å². The third-order valence-electron chi connectivity index (χ3n) is 4.82. The molecule has 3 aromatic carbocycles. The van der Waals surface area contributed by atoms with Crippen LogP contribution in [0.3, 0.4) is 0 Å². The van der Waals surface area contributed by atoms with Crippen molar-refractivity contribution in [2.45, 2.75) is 17.0 Å². The molecule has 180 valence electrons. The highest BCUT2D eigenvalue weighted by Gasteiger charge is 2.15. The molecule has 0 spiro atoms. The van der Waals surface area contributed by atoms with Crippen molar-refractivity contribution < 1.29 is 22.4 Å². The Bertz CT molecular complexity index is 1400. The maximum Gasteiger partial charge on any atom is 0.277 e. The topological polar surface area (TPSA) is 123 Å². The first-order valence-electron chi connectivity index (χ1n) is 10.4. The molecule has 2 N–H and O–H groups in total. The molecule has 4 aromatic rings. The zero-order chi connectivity index (χ0) is 24.8. The van der Waals surface area contributed by atoms with E-state index in [9.17, 15) is 13.2 Å². The number of benzene rings is 3. The summed E-state index contributed by atoms with van der Waals surface area (Å²) in [7, 11) is -2.24. The van der Waals surface area contributed by atoms with Gasteiger partial charge in [0.2, 0.25) is 11.8 Å². The number of methoxy groups -OCH3 is 1. The summed E-state index contributed by atoms with van der Waals surface area (Å²) in [5.74, 6) is 0.752. The maximum absolute atomic E-state index is 12.6. The molecule has 35 heavy (non-hydrogen) atoms. The van der Waals surface area contributed by atoms with Crippen molar-refractivity contribution in [3.63, 3.8) is 0 Å². The molecule has 4 rings (SSSR count). The van der Waals surface area contributed by atoms with Crippen molar-refractivity contribution >= 4 is 39.1 Å². The number of hydrogen-bond acceptors (Lipinski definition) is 8. The number of sulfonamides is 1. The molecular weight excluding hydrogens is 488 g/mol. The first-order valence-corrected chi connectivity index (χ1v) is 12.9. The molecule has 0 radical (unpaired) electrons. The third kappa shape index (κ3) is 6.40. The average Bonchev–Trinajstić information content (AvgIpc) is 3.34. The quantitative estimate of drug-likeness (QED) is 0.314. The van der Waals surface area contributed by atoms with Crippen LogP contribution >= 0.6 is 11.8 Å². The monoisotopic (exact) mass is 510 g/mol. The van der Waals surface area contributed by atoms with Gasteiger partial charge in [0.25, 0.3) is 15.2 Å². The Labute approximate surface area is 207 Å². The van der Waals surface area contributed by atoms with Crippen LogP contribution in [-0.2, 0) is 14.8 Å². The largest absolute Gasteiger partial charge is 0.497 e. The number of amides is 1. The zero-order valence-corrected chi connectivity index (χ0v) is 20.5. The molecule has 0 saturated carbocycles. The van der Waals surface area contributed by atoms with Gasteiger partial charge in [0, 0.05) is 16.9 Å². The number of rotatable bonds is 9. The van der Waals surface area contributed by atoms with E-state index in [1.807, 2.05) is 31.2 Å². The number of nitrogens with zero attached hydrogens (tertiary/aromatic N) is 2. The average molecular weight is 511 g/mol. The van der Waals surface area contributed by atoms with Gasteiger partial charge in [-0.05, 0) is 67.6 Å². The van der Waals surface area contributed by atoms with Crippen LogP contribution in [0.2, 0.25) is 0 Å². The van der Waals surface area contributed by atoms with Crippen LogP contribution < -0.4 is 14.8 Å². The minimum absolute atomic E-state index is 0.113. The minimum Gasteiger partial charge on any atom is -0.497 e. The molecule has 0 saturated heterocycles. The minimum atomic E-state index is -3.75. The number of ether oxygens (including phenoxy) is 1. The van der Waals surface area contributed by atoms with E-state index in [1.54, 1.807) is 36.4 Å². The normalized spacial score (nSPS) is 11.1. The fraction of sp³-hybridized carbons (Fsp3) is 0.125. The van der Waals surface area contributed by atoms with Crippen molar-refractivity contribution in [1.29, 1.82) is 0 Å². The molecule has 0 aliphatic heterocycles. The van der Waals surface area contributed by atoms with Gasteiger partial charge < -0.3 is 14.5 Å². The first-order chi connectivity index (χ1) is 16.8. The van der Waals surface area contributed by atoms with Gasteiger partial charge in [0.1, 0.15) is 5.75 Å². The summed E-state index contributed by atoms with van der Waals surface area (Å²) in [5.41, 5.74) is 2.82. The Hall–Kier alpha value is -3.83. The predicted octanol–water partition coefficient (Wildman–Crippen LogP) is 4.59. The highest BCUT2D eigenvalue weighted by molar-refractivity contribution is 7.99. The second-order valence-electron chi connectivity index (χ2n) is 7.43. The Morgan fingerprint density at radius 1 is 0.943 bits per heavy atom. The molecule has 0 bridgehead atoms. The maximum atomic E-state index is 12.6. The number of anilines is 2. The Morgan fingerprint density at radius 3 is 2.26 bits per heavy atom. The van der Waals surface area contributed by atoms with Gasteiger partial charge in [0.05, 0.1) is 17.8 Å². The van der Waals surface area contributed by atoms with Crippen LogP contribution in [0.4, 0.5) is 11.4 Å². The second kappa shape index (κ2) is 10.6. The van der Waals surface area contributed by atoms with Crippen molar-refractivity contribution in [3.05, 3.63) is 78.4 Å². The van der Waals surface area contributed by atoms with Gasteiger partial charge in [0.15, 0.2) is 0 Å². The summed E-state index contributed by atoms with van der Waals surface area (Å²) in [4.78, 5) is 12.3. The number of carbonyl (C=O) groups is 1. The number of nitrogens with one attached hydrogen (secondary N) is 2. The Balaban J connectivity index is 1.34.